The Bertz CT molecular complexity index is 787. The van der Waals surface area contributed by atoms with Crippen LogP contribution in [0.1, 0.15) is 29.3 Å². The van der Waals surface area contributed by atoms with Crippen molar-refractivity contribution in [1.82, 2.24) is 15.2 Å². The van der Waals surface area contributed by atoms with Gasteiger partial charge in [-0.1, -0.05) is 24.3 Å². The largest absolute Gasteiger partial charge is 0.355 e. The molecule has 6 heteroatoms. The van der Waals surface area contributed by atoms with Crippen LogP contribution in [-0.4, -0.2) is 28.0 Å². The second-order valence-electron chi connectivity index (χ2n) is 5.62. The minimum atomic E-state index is -0.226. The Labute approximate surface area is 140 Å². The molecule has 0 spiro atoms. The highest BCUT2D eigenvalue weighted by molar-refractivity contribution is 6.07. The quantitative estimate of drug-likeness (QED) is 0.849. The van der Waals surface area contributed by atoms with E-state index in [1.165, 1.54) is 6.92 Å². The van der Waals surface area contributed by atoms with Gasteiger partial charge in [0.05, 0.1) is 12.2 Å². The van der Waals surface area contributed by atoms with E-state index in [1.807, 2.05) is 41.3 Å². The van der Waals surface area contributed by atoms with Crippen LogP contribution in [0.4, 0.5) is 0 Å². The van der Waals surface area contributed by atoms with E-state index >= 15 is 0 Å². The van der Waals surface area contributed by atoms with Crippen LogP contribution in [0.15, 0.2) is 47.6 Å². The molecule has 1 aromatic heterocycles. The molecule has 0 atom stereocenters. The SMILES string of the molecule is CC(=O)N=C1c2ccc(CNC=O)cc2CN1Cc1ccccn1. The molecule has 1 aromatic carbocycles. The van der Waals surface area contributed by atoms with Crippen LogP contribution in [0.5, 0.6) is 0 Å². The minimum Gasteiger partial charge on any atom is -0.355 e. The maximum Gasteiger partial charge on any atom is 0.244 e. The highest BCUT2D eigenvalue weighted by Gasteiger charge is 2.26. The molecule has 0 fully saturated rings. The van der Waals surface area contributed by atoms with Crippen molar-refractivity contribution < 1.29 is 9.59 Å². The molecule has 2 heterocycles. The van der Waals surface area contributed by atoms with Crippen molar-refractivity contribution in [2.24, 2.45) is 4.99 Å². The van der Waals surface area contributed by atoms with Gasteiger partial charge in [0, 0.05) is 31.8 Å². The van der Waals surface area contributed by atoms with Crippen molar-refractivity contribution in [3.05, 3.63) is 65.0 Å². The number of nitrogens with one attached hydrogen (secondary N) is 1. The van der Waals surface area contributed by atoms with Gasteiger partial charge in [0.2, 0.25) is 12.3 Å². The normalized spacial score (nSPS) is 14.5. The Kier molecular flexibility index (Phi) is 4.65. The molecule has 0 radical (unpaired) electrons. The summed E-state index contributed by atoms with van der Waals surface area (Å²) in [5.74, 6) is 0.452. The molecule has 2 aromatic rings. The first kappa shape index (κ1) is 15.9. The molecule has 3 rings (SSSR count). The third kappa shape index (κ3) is 3.48. The molecule has 1 aliphatic rings. The molecular formula is C18H18N4O2. The van der Waals surface area contributed by atoms with Crippen LogP contribution in [-0.2, 0) is 29.2 Å². The molecule has 0 aliphatic carbocycles. The summed E-state index contributed by atoms with van der Waals surface area (Å²) in [6.45, 7) is 3.18. The van der Waals surface area contributed by atoms with E-state index in [-0.39, 0.29) is 5.91 Å². The van der Waals surface area contributed by atoms with Gasteiger partial charge in [0.15, 0.2) is 0 Å². The van der Waals surface area contributed by atoms with Gasteiger partial charge in [-0.25, -0.2) is 0 Å². The van der Waals surface area contributed by atoms with E-state index in [0.717, 1.165) is 22.4 Å². The molecule has 122 valence electrons. The van der Waals surface area contributed by atoms with Crippen molar-refractivity contribution in [3.8, 4) is 0 Å². The third-order valence-corrected chi connectivity index (χ3v) is 3.80. The Morgan fingerprint density at radius 3 is 2.96 bits per heavy atom. The molecule has 24 heavy (non-hydrogen) atoms. The van der Waals surface area contributed by atoms with Crippen molar-refractivity contribution in [1.29, 1.82) is 0 Å². The first-order chi connectivity index (χ1) is 11.7. The molecule has 0 bridgehead atoms. The Morgan fingerprint density at radius 2 is 2.25 bits per heavy atom. The number of rotatable bonds is 5. The number of fused-ring (bicyclic) bond motifs is 1. The summed E-state index contributed by atoms with van der Waals surface area (Å²) in [6, 6.07) is 11.7. The standard InChI is InChI=1S/C18H18N4O2/c1-13(24)21-18-17-6-5-14(9-19-12-23)8-15(17)10-22(18)11-16-4-2-3-7-20-16/h2-8,12H,9-11H2,1H3,(H,19,23). The molecule has 1 aliphatic heterocycles. The van der Waals surface area contributed by atoms with Gasteiger partial charge in [0.1, 0.15) is 5.84 Å². The lowest BCUT2D eigenvalue weighted by atomic mass is 10.1. The Balaban J connectivity index is 1.90. The lowest BCUT2D eigenvalue weighted by Crippen LogP contribution is -2.25. The van der Waals surface area contributed by atoms with E-state index in [4.69, 9.17) is 0 Å². The minimum absolute atomic E-state index is 0.226. The van der Waals surface area contributed by atoms with E-state index in [0.29, 0.717) is 31.9 Å². The molecule has 0 saturated heterocycles. The summed E-state index contributed by atoms with van der Waals surface area (Å²) in [5, 5.41) is 2.66. The van der Waals surface area contributed by atoms with Crippen LogP contribution in [0.3, 0.4) is 0 Å². The van der Waals surface area contributed by atoms with E-state index in [2.05, 4.69) is 15.3 Å². The van der Waals surface area contributed by atoms with Gasteiger partial charge in [-0.2, -0.15) is 4.99 Å². The van der Waals surface area contributed by atoms with Crippen LogP contribution >= 0.6 is 0 Å². The average molecular weight is 322 g/mol. The zero-order chi connectivity index (χ0) is 16.9. The number of pyridine rings is 1. The highest BCUT2D eigenvalue weighted by atomic mass is 16.1. The fraction of sp³-hybridized carbons (Fsp3) is 0.222. The molecule has 1 N–H and O–H groups in total. The zero-order valence-corrected chi connectivity index (χ0v) is 13.4. The molecular weight excluding hydrogens is 304 g/mol. The van der Waals surface area contributed by atoms with Crippen molar-refractivity contribution in [3.63, 3.8) is 0 Å². The van der Waals surface area contributed by atoms with Gasteiger partial charge in [-0.3, -0.25) is 14.6 Å². The number of amidine groups is 1. The van der Waals surface area contributed by atoms with Crippen molar-refractivity contribution >= 4 is 18.2 Å². The summed E-state index contributed by atoms with van der Waals surface area (Å²) in [4.78, 5) is 32.6. The Hall–Kier alpha value is -3.02. The van der Waals surface area contributed by atoms with Gasteiger partial charge in [-0.05, 0) is 23.3 Å². The molecule has 0 unspecified atom stereocenters. The van der Waals surface area contributed by atoms with Gasteiger partial charge < -0.3 is 10.2 Å². The number of nitrogens with zero attached hydrogens (tertiary/aromatic N) is 3. The van der Waals surface area contributed by atoms with Gasteiger partial charge in [0.25, 0.3) is 0 Å². The first-order valence-corrected chi connectivity index (χ1v) is 7.70. The Morgan fingerprint density at radius 1 is 1.38 bits per heavy atom. The number of hydrogen-bond acceptors (Lipinski definition) is 3. The average Bonchev–Trinajstić information content (AvgIpc) is 2.90. The second kappa shape index (κ2) is 7.04. The molecule has 0 saturated carbocycles. The number of hydrogen-bond donors (Lipinski definition) is 1. The smallest absolute Gasteiger partial charge is 0.244 e. The van der Waals surface area contributed by atoms with E-state index in [1.54, 1.807) is 6.20 Å². The lowest BCUT2D eigenvalue weighted by molar-refractivity contribution is -0.115. The summed E-state index contributed by atoms with van der Waals surface area (Å²) >= 11 is 0. The number of carbonyl (C=O) groups excluding carboxylic acids is 2. The fourth-order valence-corrected chi connectivity index (χ4v) is 2.81. The summed E-state index contributed by atoms with van der Waals surface area (Å²) in [5.41, 5.74) is 3.99. The summed E-state index contributed by atoms with van der Waals surface area (Å²) in [6.07, 6.45) is 2.44. The van der Waals surface area contributed by atoms with Crippen LogP contribution in [0.2, 0.25) is 0 Å². The maximum absolute atomic E-state index is 11.5. The van der Waals surface area contributed by atoms with Gasteiger partial charge >= 0.3 is 0 Å². The number of amides is 2. The highest BCUT2D eigenvalue weighted by Crippen LogP contribution is 2.26. The summed E-state index contributed by atoms with van der Waals surface area (Å²) in [7, 11) is 0. The van der Waals surface area contributed by atoms with E-state index in [9.17, 15) is 9.59 Å². The molecule has 2 amide bonds. The zero-order valence-electron chi connectivity index (χ0n) is 13.4. The lowest BCUT2D eigenvalue weighted by Gasteiger charge is -2.18. The maximum atomic E-state index is 11.5. The molecule has 6 nitrogen and oxygen atoms in total. The number of aromatic nitrogens is 1. The second-order valence-corrected chi connectivity index (χ2v) is 5.62. The van der Waals surface area contributed by atoms with Gasteiger partial charge in [-0.15, -0.1) is 0 Å². The third-order valence-electron chi connectivity index (χ3n) is 3.80. The van der Waals surface area contributed by atoms with Crippen molar-refractivity contribution in [2.75, 3.05) is 0 Å². The van der Waals surface area contributed by atoms with Crippen LogP contribution in [0, 0.1) is 0 Å². The predicted octanol–water partition coefficient (Wildman–Crippen LogP) is 1.64. The first-order valence-electron chi connectivity index (χ1n) is 7.70. The topological polar surface area (TPSA) is 74.7 Å². The predicted molar refractivity (Wildman–Crippen MR) is 90.0 cm³/mol. The van der Waals surface area contributed by atoms with Crippen LogP contribution in [0.25, 0.3) is 0 Å². The fourth-order valence-electron chi connectivity index (χ4n) is 2.81. The number of benzene rings is 1. The van der Waals surface area contributed by atoms with E-state index < -0.39 is 0 Å². The summed E-state index contributed by atoms with van der Waals surface area (Å²) < 4.78 is 0. The monoisotopic (exact) mass is 322 g/mol. The number of carbonyl (C=O) groups is 2. The van der Waals surface area contributed by atoms with Crippen LogP contribution < -0.4 is 5.32 Å². The number of aliphatic imine (C=N–C) groups is 1. The van der Waals surface area contributed by atoms with Crippen molar-refractivity contribution in [2.45, 2.75) is 26.6 Å².